The molecule has 1 aliphatic heterocycles. The van der Waals surface area contributed by atoms with Crippen LogP contribution < -0.4 is 4.74 Å². The predicted molar refractivity (Wildman–Crippen MR) is 60.2 cm³/mol. The number of carboxylic acid groups (broad SMARTS) is 1. The van der Waals surface area contributed by atoms with Gasteiger partial charge in [0.2, 0.25) is 6.10 Å². The first kappa shape index (κ1) is 14.6. The molecule has 5 nitrogen and oxygen atoms in total. The molecule has 2 rings (SSSR count). The molecule has 0 saturated carbocycles. The number of aryl methyl sites for hydroxylation is 1. The number of pyridine rings is 1. The lowest BCUT2D eigenvalue weighted by molar-refractivity contribution is -0.217. The number of nitrogens with zero attached hydrogens (tertiary/aromatic N) is 1. The van der Waals surface area contributed by atoms with Crippen LogP contribution in [0.2, 0.25) is 0 Å². The predicted octanol–water partition coefficient (Wildman–Crippen LogP) is 1.45. The first-order valence-electron chi connectivity index (χ1n) is 5.80. The number of hydrogen-bond acceptors (Lipinski definition) is 4. The fourth-order valence-electron chi connectivity index (χ4n) is 2.24. The molecule has 0 spiro atoms. The van der Waals surface area contributed by atoms with Crippen molar-refractivity contribution in [3.8, 4) is 5.75 Å². The van der Waals surface area contributed by atoms with Crippen LogP contribution in [0.15, 0.2) is 6.20 Å². The number of ether oxygens (including phenoxy) is 1. The van der Waals surface area contributed by atoms with Crippen molar-refractivity contribution in [1.82, 2.24) is 4.98 Å². The minimum Gasteiger partial charge on any atom is -0.481 e. The van der Waals surface area contributed by atoms with Crippen molar-refractivity contribution >= 4 is 5.97 Å². The molecular formula is C12H12F3NO4. The third kappa shape index (κ3) is 2.43. The molecule has 0 saturated heterocycles. The number of aliphatic carboxylic acids is 1. The smallest absolute Gasteiger partial charge is 0.426 e. The monoisotopic (exact) mass is 291 g/mol. The van der Waals surface area contributed by atoms with Crippen LogP contribution in [0.1, 0.15) is 16.8 Å². The molecule has 1 aromatic rings. The highest BCUT2D eigenvalue weighted by molar-refractivity contribution is 5.72. The first-order valence-corrected chi connectivity index (χ1v) is 5.80. The lowest BCUT2D eigenvalue weighted by atomic mass is 9.88. The largest absolute Gasteiger partial charge is 0.481 e. The van der Waals surface area contributed by atoms with Gasteiger partial charge < -0.3 is 14.9 Å². The number of carboxylic acids is 1. The van der Waals surface area contributed by atoms with Crippen molar-refractivity contribution in [2.75, 3.05) is 0 Å². The summed E-state index contributed by atoms with van der Waals surface area (Å²) in [6, 6.07) is 0. The van der Waals surface area contributed by atoms with Gasteiger partial charge in [-0.05, 0) is 13.3 Å². The van der Waals surface area contributed by atoms with E-state index in [2.05, 4.69) is 4.98 Å². The Kier molecular flexibility index (Phi) is 3.59. The van der Waals surface area contributed by atoms with Crippen LogP contribution in [0.4, 0.5) is 13.2 Å². The van der Waals surface area contributed by atoms with E-state index < -0.39 is 30.8 Å². The standard InChI is InChI=1S/C12H12F3NO4/c1-5-9-7(6(4-17)3-16-5)2-8(11(18)19)10(20-9)12(13,14)15/h3,8,10,17H,2,4H2,1H3,(H,18,19)/t8-,10+/m1/s1. The number of rotatable bonds is 2. The Bertz CT molecular complexity index is 544. The molecule has 0 aliphatic carbocycles. The van der Waals surface area contributed by atoms with E-state index in [0.29, 0.717) is 0 Å². The van der Waals surface area contributed by atoms with E-state index in [9.17, 15) is 18.0 Å². The summed E-state index contributed by atoms with van der Waals surface area (Å²) >= 11 is 0. The molecule has 20 heavy (non-hydrogen) atoms. The molecule has 0 amide bonds. The highest BCUT2D eigenvalue weighted by Gasteiger charge is 2.52. The molecule has 1 aromatic heterocycles. The van der Waals surface area contributed by atoms with E-state index in [-0.39, 0.29) is 29.0 Å². The second-order valence-corrected chi connectivity index (χ2v) is 4.56. The second-order valence-electron chi connectivity index (χ2n) is 4.56. The van der Waals surface area contributed by atoms with Crippen LogP contribution in [0.3, 0.4) is 0 Å². The summed E-state index contributed by atoms with van der Waals surface area (Å²) in [5, 5.41) is 18.1. The number of aliphatic hydroxyl groups is 1. The molecular weight excluding hydrogens is 279 g/mol. The van der Waals surface area contributed by atoms with Gasteiger partial charge in [-0.25, -0.2) is 0 Å². The zero-order valence-corrected chi connectivity index (χ0v) is 10.4. The molecule has 8 heteroatoms. The van der Waals surface area contributed by atoms with Crippen LogP contribution in [0, 0.1) is 12.8 Å². The van der Waals surface area contributed by atoms with E-state index in [1.54, 1.807) is 0 Å². The number of halogens is 3. The van der Waals surface area contributed by atoms with Gasteiger partial charge in [0.1, 0.15) is 11.7 Å². The Morgan fingerprint density at radius 3 is 2.70 bits per heavy atom. The summed E-state index contributed by atoms with van der Waals surface area (Å²) in [6.07, 6.45) is -6.25. The molecule has 2 atom stereocenters. The van der Waals surface area contributed by atoms with E-state index in [1.165, 1.54) is 13.1 Å². The van der Waals surface area contributed by atoms with Gasteiger partial charge in [-0.3, -0.25) is 9.78 Å². The zero-order valence-electron chi connectivity index (χ0n) is 10.4. The summed E-state index contributed by atoms with van der Waals surface area (Å²) < 4.78 is 43.6. The van der Waals surface area contributed by atoms with Crippen LogP contribution in [0.25, 0.3) is 0 Å². The van der Waals surface area contributed by atoms with Gasteiger partial charge in [0.25, 0.3) is 0 Å². The fourth-order valence-corrected chi connectivity index (χ4v) is 2.24. The SMILES string of the molecule is Cc1ncc(CO)c2c1O[C@H](C(F)(F)F)[C@H](C(=O)O)C2. The quantitative estimate of drug-likeness (QED) is 0.862. The summed E-state index contributed by atoms with van der Waals surface area (Å²) in [6.45, 7) is 1.02. The van der Waals surface area contributed by atoms with Crippen molar-refractivity contribution < 1.29 is 32.9 Å². The number of aromatic nitrogens is 1. The van der Waals surface area contributed by atoms with Gasteiger partial charge >= 0.3 is 12.1 Å². The Morgan fingerprint density at radius 2 is 2.20 bits per heavy atom. The Morgan fingerprint density at radius 1 is 1.55 bits per heavy atom. The van der Waals surface area contributed by atoms with Crippen molar-refractivity contribution in [3.63, 3.8) is 0 Å². The van der Waals surface area contributed by atoms with Crippen molar-refractivity contribution in [2.45, 2.75) is 32.2 Å². The average Bonchev–Trinajstić information content (AvgIpc) is 2.37. The van der Waals surface area contributed by atoms with Gasteiger partial charge in [0, 0.05) is 17.3 Å². The van der Waals surface area contributed by atoms with Gasteiger partial charge in [-0.1, -0.05) is 0 Å². The number of hydrogen-bond donors (Lipinski definition) is 2. The van der Waals surface area contributed by atoms with Gasteiger partial charge in [-0.2, -0.15) is 13.2 Å². The second kappa shape index (κ2) is 4.93. The molecule has 0 fully saturated rings. The summed E-state index contributed by atoms with van der Waals surface area (Å²) in [5.41, 5.74) is 0.778. The number of aliphatic hydroxyl groups excluding tert-OH is 1. The zero-order chi connectivity index (χ0) is 15.1. The van der Waals surface area contributed by atoms with Gasteiger partial charge in [0.05, 0.1) is 12.3 Å². The Hall–Kier alpha value is -1.83. The molecule has 0 aromatic carbocycles. The number of alkyl halides is 3. The van der Waals surface area contributed by atoms with Crippen LogP contribution in [-0.2, 0) is 17.8 Å². The van der Waals surface area contributed by atoms with E-state index in [4.69, 9.17) is 14.9 Å². The number of fused-ring (bicyclic) bond motifs is 1. The molecule has 2 heterocycles. The van der Waals surface area contributed by atoms with E-state index in [1.807, 2.05) is 0 Å². The fraction of sp³-hybridized carbons (Fsp3) is 0.500. The van der Waals surface area contributed by atoms with Crippen molar-refractivity contribution in [1.29, 1.82) is 0 Å². The van der Waals surface area contributed by atoms with Gasteiger partial charge in [0.15, 0.2) is 0 Å². The normalized spacial score (nSPS) is 22.1. The van der Waals surface area contributed by atoms with E-state index in [0.717, 1.165) is 0 Å². The Balaban J connectivity index is 2.53. The minimum absolute atomic E-state index is 0.0867. The molecule has 2 N–H and O–H groups in total. The summed E-state index contributed by atoms with van der Waals surface area (Å²) in [7, 11) is 0. The average molecular weight is 291 g/mol. The molecule has 0 unspecified atom stereocenters. The lowest BCUT2D eigenvalue weighted by Gasteiger charge is -2.33. The maximum absolute atomic E-state index is 12.9. The molecule has 1 aliphatic rings. The van der Waals surface area contributed by atoms with Crippen LogP contribution >= 0.6 is 0 Å². The molecule has 0 bridgehead atoms. The molecule has 0 radical (unpaired) electrons. The third-order valence-electron chi connectivity index (χ3n) is 3.25. The summed E-state index contributed by atoms with van der Waals surface area (Å²) in [4.78, 5) is 14.9. The first-order chi connectivity index (χ1) is 9.25. The minimum atomic E-state index is -4.79. The maximum atomic E-state index is 12.9. The van der Waals surface area contributed by atoms with Crippen molar-refractivity contribution in [3.05, 3.63) is 23.0 Å². The maximum Gasteiger partial charge on any atom is 0.426 e. The van der Waals surface area contributed by atoms with Gasteiger partial charge in [-0.15, -0.1) is 0 Å². The Labute approximate surface area is 112 Å². The summed E-state index contributed by atoms with van der Waals surface area (Å²) in [5.74, 6) is -3.41. The van der Waals surface area contributed by atoms with Crippen molar-refractivity contribution in [2.24, 2.45) is 5.92 Å². The van der Waals surface area contributed by atoms with E-state index >= 15 is 0 Å². The highest BCUT2D eigenvalue weighted by Crippen LogP contribution is 2.40. The van der Waals surface area contributed by atoms with Crippen LogP contribution in [-0.4, -0.2) is 33.4 Å². The lowest BCUT2D eigenvalue weighted by Crippen LogP contribution is -2.48. The third-order valence-corrected chi connectivity index (χ3v) is 3.25. The molecule has 110 valence electrons. The topological polar surface area (TPSA) is 79.7 Å². The van der Waals surface area contributed by atoms with Crippen LogP contribution in [0.5, 0.6) is 5.75 Å². The highest BCUT2D eigenvalue weighted by atomic mass is 19.4. The number of carbonyl (C=O) groups is 1.